The molecule has 0 aromatic rings. The van der Waals surface area contributed by atoms with Crippen LogP contribution in [0.25, 0.3) is 0 Å². The minimum atomic E-state index is -0.197. The minimum absolute atomic E-state index is 0.175. The van der Waals surface area contributed by atoms with Gasteiger partial charge in [0.15, 0.2) is 0 Å². The molecule has 0 radical (unpaired) electrons. The summed E-state index contributed by atoms with van der Waals surface area (Å²) in [7, 11) is 0. The number of carbonyl (C=O) groups is 1. The second kappa shape index (κ2) is 5.36. The Labute approximate surface area is 103 Å². The van der Waals surface area contributed by atoms with Crippen LogP contribution in [0.2, 0.25) is 0 Å². The number of amides is 1. The third-order valence-corrected chi connectivity index (χ3v) is 4.02. The van der Waals surface area contributed by atoms with Crippen molar-refractivity contribution in [3.05, 3.63) is 0 Å². The highest BCUT2D eigenvalue weighted by Crippen LogP contribution is 2.24. The van der Waals surface area contributed by atoms with Gasteiger partial charge in [0, 0.05) is 19.1 Å². The lowest BCUT2D eigenvalue weighted by Crippen LogP contribution is -2.48. The minimum Gasteiger partial charge on any atom is -0.365 e. The number of piperidine rings is 1. The molecule has 4 heteroatoms. The van der Waals surface area contributed by atoms with Crippen LogP contribution < -0.4 is 5.73 Å². The monoisotopic (exact) mass is 240 g/mol. The molecule has 0 saturated carbocycles. The van der Waals surface area contributed by atoms with Crippen LogP contribution in [0.4, 0.5) is 0 Å². The molecule has 4 unspecified atom stereocenters. The van der Waals surface area contributed by atoms with E-state index in [-0.39, 0.29) is 24.2 Å². The van der Waals surface area contributed by atoms with Gasteiger partial charge in [-0.05, 0) is 45.4 Å². The molecule has 0 bridgehead atoms. The molecule has 2 N–H and O–H groups in total. The van der Waals surface area contributed by atoms with Gasteiger partial charge in [0.25, 0.3) is 5.91 Å². The Balaban J connectivity index is 1.90. The zero-order chi connectivity index (χ0) is 12.4. The first kappa shape index (κ1) is 12.8. The molecule has 0 aromatic carbocycles. The Morgan fingerprint density at radius 2 is 2.18 bits per heavy atom. The highest BCUT2D eigenvalue weighted by atomic mass is 16.5. The SMILES string of the molecule is CC1CCC(C(=O)N2CCCC(C(C)N)C2)O1. The summed E-state index contributed by atoms with van der Waals surface area (Å²) < 4.78 is 5.65. The van der Waals surface area contributed by atoms with Crippen molar-refractivity contribution in [3.63, 3.8) is 0 Å². The molecular formula is C13H24N2O2. The summed E-state index contributed by atoms with van der Waals surface area (Å²) in [5.41, 5.74) is 5.94. The Kier molecular flexibility index (Phi) is 4.05. The van der Waals surface area contributed by atoms with E-state index in [1.807, 2.05) is 18.7 Å². The van der Waals surface area contributed by atoms with Crippen LogP contribution in [0, 0.1) is 5.92 Å². The van der Waals surface area contributed by atoms with E-state index in [0.29, 0.717) is 5.92 Å². The van der Waals surface area contributed by atoms with Gasteiger partial charge < -0.3 is 15.4 Å². The second-order valence-electron chi connectivity index (χ2n) is 5.56. The molecule has 2 aliphatic rings. The van der Waals surface area contributed by atoms with Gasteiger partial charge in [0.05, 0.1) is 6.10 Å². The molecule has 98 valence electrons. The summed E-state index contributed by atoms with van der Waals surface area (Å²) in [6, 6.07) is 0.175. The molecule has 2 rings (SSSR count). The fourth-order valence-electron chi connectivity index (χ4n) is 2.83. The quantitative estimate of drug-likeness (QED) is 0.787. The largest absolute Gasteiger partial charge is 0.365 e. The van der Waals surface area contributed by atoms with Crippen molar-refractivity contribution >= 4 is 5.91 Å². The first-order chi connectivity index (χ1) is 8.08. The van der Waals surface area contributed by atoms with Crippen LogP contribution in [-0.4, -0.2) is 42.1 Å². The molecule has 0 spiro atoms. The number of hydrogen-bond acceptors (Lipinski definition) is 3. The van der Waals surface area contributed by atoms with Crippen LogP contribution in [0.15, 0.2) is 0 Å². The number of ether oxygens (including phenoxy) is 1. The molecule has 2 heterocycles. The summed E-state index contributed by atoms with van der Waals surface area (Å²) in [5, 5.41) is 0. The summed E-state index contributed by atoms with van der Waals surface area (Å²) in [6.07, 6.45) is 4.12. The molecule has 17 heavy (non-hydrogen) atoms. The highest BCUT2D eigenvalue weighted by molar-refractivity contribution is 5.81. The number of nitrogens with zero attached hydrogens (tertiary/aromatic N) is 1. The van der Waals surface area contributed by atoms with E-state index in [1.165, 1.54) is 0 Å². The van der Waals surface area contributed by atoms with Crippen molar-refractivity contribution < 1.29 is 9.53 Å². The molecule has 0 aliphatic carbocycles. The predicted octanol–water partition coefficient (Wildman–Crippen LogP) is 1.14. The van der Waals surface area contributed by atoms with Crippen molar-refractivity contribution in [2.45, 2.75) is 57.8 Å². The maximum absolute atomic E-state index is 12.3. The van der Waals surface area contributed by atoms with Crippen molar-refractivity contribution in [1.82, 2.24) is 4.90 Å². The normalized spacial score (nSPS) is 35.9. The topological polar surface area (TPSA) is 55.6 Å². The van der Waals surface area contributed by atoms with E-state index in [4.69, 9.17) is 10.5 Å². The van der Waals surface area contributed by atoms with Crippen LogP contribution in [0.3, 0.4) is 0 Å². The molecule has 2 saturated heterocycles. The first-order valence-electron chi connectivity index (χ1n) is 6.77. The highest BCUT2D eigenvalue weighted by Gasteiger charge is 2.34. The predicted molar refractivity (Wildman–Crippen MR) is 66.5 cm³/mol. The molecule has 2 aliphatic heterocycles. The average Bonchev–Trinajstić information content (AvgIpc) is 2.75. The van der Waals surface area contributed by atoms with Crippen LogP contribution in [0.1, 0.15) is 39.5 Å². The van der Waals surface area contributed by atoms with E-state index in [0.717, 1.165) is 38.8 Å². The van der Waals surface area contributed by atoms with E-state index < -0.39 is 0 Å². The molecule has 1 amide bonds. The molecule has 0 aromatic heterocycles. The van der Waals surface area contributed by atoms with Gasteiger partial charge in [0.2, 0.25) is 0 Å². The average molecular weight is 240 g/mol. The van der Waals surface area contributed by atoms with E-state index >= 15 is 0 Å². The second-order valence-corrected chi connectivity index (χ2v) is 5.56. The number of rotatable bonds is 2. The van der Waals surface area contributed by atoms with Crippen molar-refractivity contribution in [1.29, 1.82) is 0 Å². The zero-order valence-corrected chi connectivity index (χ0v) is 10.9. The van der Waals surface area contributed by atoms with E-state index in [2.05, 4.69) is 0 Å². The van der Waals surface area contributed by atoms with Crippen molar-refractivity contribution in [2.75, 3.05) is 13.1 Å². The lowest BCUT2D eigenvalue weighted by atomic mass is 9.92. The Morgan fingerprint density at radius 3 is 2.76 bits per heavy atom. The Hall–Kier alpha value is -0.610. The standard InChI is InChI=1S/C13H24N2O2/c1-9-5-6-12(17-9)13(16)15-7-3-4-11(8-15)10(2)14/h9-12H,3-8,14H2,1-2H3. The van der Waals surface area contributed by atoms with Gasteiger partial charge in [0.1, 0.15) is 6.10 Å². The number of hydrogen-bond donors (Lipinski definition) is 1. The third kappa shape index (κ3) is 2.99. The lowest BCUT2D eigenvalue weighted by Gasteiger charge is -2.35. The summed E-state index contributed by atoms with van der Waals surface area (Å²) in [4.78, 5) is 14.2. The third-order valence-electron chi connectivity index (χ3n) is 4.02. The van der Waals surface area contributed by atoms with Gasteiger partial charge in [-0.2, -0.15) is 0 Å². The van der Waals surface area contributed by atoms with Gasteiger partial charge in [-0.25, -0.2) is 0 Å². The fourth-order valence-corrected chi connectivity index (χ4v) is 2.83. The lowest BCUT2D eigenvalue weighted by molar-refractivity contribution is -0.144. The summed E-state index contributed by atoms with van der Waals surface area (Å²) in [6.45, 7) is 5.75. The smallest absolute Gasteiger partial charge is 0.251 e. The van der Waals surface area contributed by atoms with Gasteiger partial charge in [-0.1, -0.05) is 0 Å². The van der Waals surface area contributed by atoms with Crippen LogP contribution >= 0.6 is 0 Å². The number of nitrogens with two attached hydrogens (primary N) is 1. The first-order valence-corrected chi connectivity index (χ1v) is 6.77. The Bertz CT molecular complexity index is 281. The maximum Gasteiger partial charge on any atom is 0.251 e. The van der Waals surface area contributed by atoms with Gasteiger partial charge in [-0.15, -0.1) is 0 Å². The van der Waals surface area contributed by atoms with Gasteiger partial charge in [-0.3, -0.25) is 4.79 Å². The van der Waals surface area contributed by atoms with E-state index in [1.54, 1.807) is 0 Å². The molecule has 4 nitrogen and oxygen atoms in total. The Morgan fingerprint density at radius 1 is 1.41 bits per heavy atom. The van der Waals surface area contributed by atoms with E-state index in [9.17, 15) is 4.79 Å². The van der Waals surface area contributed by atoms with Gasteiger partial charge >= 0.3 is 0 Å². The fraction of sp³-hybridized carbons (Fsp3) is 0.923. The summed E-state index contributed by atoms with van der Waals surface area (Å²) in [5.74, 6) is 0.631. The van der Waals surface area contributed by atoms with Crippen LogP contribution in [-0.2, 0) is 9.53 Å². The molecule has 4 atom stereocenters. The molecular weight excluding hydrogens is 216 g/mol. The number of carbonyl (C=O) groups excluding carboxylic acids is 1. The van der Waals surface area contributed by atoms with Crippen LogP contribution in [0.5, 0.6) is 0 Å². The number of likely N-dealkylation sites (tertiary alicyclic amines) is 1. The summed E-state index contributed by atoms with van der Waals surface area (Å²) >= 11 is 0. The van der Waals surface area contributed by atoms with Crippen molar-refractivity contribution in [2.24, 2.45) is 11.7 Å². The molecule has 2 fully saturated rings. The maximum atomic E-state index is 12.3. The zero-order valence-electron chi connectivity index (χ0n) is 10.9. The van der Waals surface area contributed by atoms with Crippen molar-refractivity contribution in [3.8, 4) is 0 Å².